The largest absolute Gasteiger partial charge is 0.343 e. The van der Waals surface area contributed by atoms with E-state index < -0.39 is 0 Å². The second-order valence-corrected chi connectivity index (χ2v) is 2.69. The minimum atomic E-state index is -0.218. The number of hydrogen-bond acceptors (Lipinski definition) is 4. The zero-order valence-corrected chi connectivity index (χ0v) is 6.48. The number of imidazole rings is 1. The molecule has 64 valence electrons. The highest BCUT2D eigenvalue weighted by atomic mass is 16.1. The van der Waals surface area contributed by atoms with E-state index >= 15 is 0 Å². The van der Waals surface area contributed by atoms with Crippen molar-refractivity contribution in [1.29, 1.82) is 0 Å². The van der Waals surface area contributed by atoms with Crippen molar-refractivity contribution in [3.63, 3.8) is 0 Å². The molecule has 1 aliphatic rings. The maximum atomic E-state index is 11.2. The average molecular weight is 175 g/mol. The van der Waals surface area contributed by atoms with Gasteiger partial charge in [0.1, 0.15) is 12.1 Å². The lowest BCUT2D eigenvalue weighted by Crippen LogP contribution is -2.06. The number of H-pyrrole nitrogens is 1. The standard InChI is InChI=1S/C7H5N5O/c13-7-5-6(9-2-10-7)12(3-11-5)4-1-8-4/h1-3,8H,(H,9,10,13). The molecule has 1 aliphatic heterocycles. The van der Waals surface area contributed by atoms with E-state index in [1.54, 1.807) is 10.9 Å². The number of aromatic nitrogens is 4. The first-order valence-electron chi connectivity index (χ1n) is 3.74. The van der Waals surface area contributed by atoms with Crippen molar-refractivity contribution in [3.8, 4) is 0 Å². The molecule has 6 nitrogen and oxygen atoms in total. The van der Waals surface area contributed by atoms with Gasteiger partial charge in [-0.05, 0) is 0 Å². The second kappa shape index (κ2) is 1.98. The Bertz CT molecular complexity index is 564. The van der Waals surface area contributed by atoms with Crippen LogP contribution in [0.2, 0.25) is 0 Å². The molecule has 0 bridgehead atoms. The van der Waals surface area contributed by atoms with Crippen molar-refractivity contribution in [2.75, 3.05) is 0 Å². The van der Waals surface area contributed by atoms with Crippen molar-refractivity contribution < 1.29 is 0 Å². The van der Waals surface area contributed by atoms with Crippen molar-refractivity contribution in [3.05, 3.63) is 29.2 Å². The third-order valence-corrected chi connectivity index (χ3v) is 1.87. The molecular weight excluding hydrogens is 170 g/mol. The van der Waals surface area contributed by atoms with Gasteiger partial charge in [0.2, 0.25) is 0 Å². The van der Waals surface area contributed by atoms with Crippen LogP contribution in [0.4, 0.5) is 0 Å². The molecule has 2 aromatic heterocycles. The Morgan fingerprint density at radius 1 is 1.38 bits per heavy atom. The Morgan fingerprint density at radius 2 is 2.23 bits per heavy atom. The molecule has 3 rings (SSSR count). The molecule has 0 spiro atoms. The summed E-state index contributed by atoms with van der Waals surface area (Å²) in [6, 6.07) is 0. The van der Waals surface area contributed by atoms with Gasteiger partial charge < -0.3 is 10.3 Å². The van der Waals surface area contributed by atoms with E-state index in [-0.39, 0.29) is 5.56 Å². The van der Waals surface area contributed by atoms with Gasteiger partial charge in [0.15, 0.2) is 11.2 Å². The summed E-state index contributed by atoms with van der Waals surface area (Å²) in [5.74, 6) is 0.903. The molecule has 0 saturated carbocycles. The van der Waals surface area contributed by atoms with E-state index in [0.29, 0.717) is 11.2 Å². The van der Waals surface area contributed by atoms with Gasteiger partial charge in [0, 0.05) is 6.20 Å². The van der Waals surface area contributed by atoms with Gasteiger partial charge in [0.25, 0.3) is 5.56 Å². The fourth-order valence-electron chi connectivity index (χ4n) is 1.19. The Hall–Kier alpha value is -2.11. The van der Waals surface area contributed by atoms with Crippen molar-refractivity contribution in [1.82, 2.24) is 24.8 Å². The summed E-state index contributed by atoms with van der Waals surface area (Å²) in [5, 5.41) is 2.91. The van der Waals surface area contributed by atoms with E-state index in [9.17, 15) is 4.79 Å². The Labute approximate surface area is 71.9 Å². The van der Waals surface area contributed by atoms with E-state index in [4.69, 9.17) is 0 Å². The molecule has 2 aromatic rings. The molecule has 0 atom stereocenters. The molecule has 0 aliphatic carbocycles. The summed E-state index contributed by atoms with van der Waals surface area (Å²) in [5.41, 5.74) is 0.710. The van der Waals surface area contributed by atoms with Crippen LogP contribution in [-0.4, -0.2) is 19.5 Å². The van der Waals surface area contributed by atoms with E-state index in [2.05, 4.69) is 20.3 Å². The summed E-state index contributed by atoms with van der Waals surface area (Å²) in [7, 11) is 0. The fraction of sp³-hybridized carbons (Fsp3) is 0. The number of nitrogens with zero attached hydrogens (tertiary/aromatic N) is 3. The minimum Gasteiger partial charge on any atom is -0.343 e. The molecule has 0 aromatic carbocycles. The summed E-state index contributed by atoms with van der Waals surface area (Å²) < 4.78 is 1.73. The molecule has 0 unspecified atom stereocenters. The van der Waals surface area contributed by atoms with Crippen LogP contribution in [0.15, 0.2) is 23.6 Å². The van der Waals surface area contributed by atoms with Crippen LogP contribution in [-0.2, 0) is 0 Å². The quantitative estimate of drug-likeness (QED) is 0.610. The van der Waals surface area contributed by atoms with Crippen LogP contribution < -0.4 is 10.9 Å². The number of aromatic amines is 1. The maximum Gasteiger partial charge on any atom is 0.278 e. The van der Waals surface area contributed by atoms with E-state index in [1.807, 2.05) is 6.20 Å². The third kappa shape index (κ3) is 0.792. The SMILES string of the molecule is O=c1[nH]cnc2c1ncn2C1=CN1. The molecule has 2 N–H and O–H groups in total. The smallest absolute Gasteiger partial charge is 0.278 e. The fourth-order valence-corrected chi connectivity index (χ4v) is 1.19. The zero-order valence-electron chi connectivity index (χ0n) is 6.48. The van der Waals surface area contributed by atoms with Gasteiger partial charge >= 0.3 is 0 Å². The summed E-state index contributed by atoms with van der Waals surface area (Å²) in [6.07, 6.45) is 4.74. The maximum absolute atomic E-state index is 11.2. The first-order valence-corrected chi connectivity index (χ1v) is 3.74. The molecule has 0 amide bonds. The van der Waals surface area contributed by atoms with Gasteiger partial charge in [-0.1, -0.05) is 0 Å². The molecule has 6 heteroatoms. The van der Waals surface area contributed by atoms with Crippen LogP contribution in [0.1, 0.15) is 0 Å². The first-order chi connectivity index (χ1) is 6.36. The number of hydrogen-bond donors (Lipinski definition) is 2. The van der Waals surface area contributed by atoms with E-state index in [0.717, 1.165) is 5.82 Å². The van der Waals surface area contributed by atoms with Crippen LogP contribution in [0.3, 0.4) is 0 Å². The lowest BCUT2D eigenvalue weighted by atomic mass is 10.5. The molecule has 3 heterocycles. The highest BCUT2D eigenvalue weighted by Crippen LogP contribution is 2.14. The lowest BCUT2D eigenvalue weighted by Gasteiger charge is -1.92. The second-order valence-electron chi connectivity index (χ2n) is 2.69. The zero-order chi connectivity index (χ0) is 8.84. The van der Waals surface area contributed by atoms with Gasteiger partial charge in [-0.2, -0.15) is 0 Å². The van der Waals surface area contributed by atoms with Crippen molar-refractivity contribution >= 4 is 17.0 Å². The number of nitrogens with one attached hydrogen (secondary N) is 2. The third-order valence-electron chi connectivity index (χ3n) is 1.87. The average Bonchev–Trinajstić information content (AvgIpc) is 2.87. The number of fused-ring (bicyclic) bond motifs is 1. The predicted octanol–water partition coefficient (Wildman–Crippen LogP) is -0.521. The van der Waals surface area contributed by atoms with Gasteiger partial charge in [-0.3, -0.25) is 9.36 Å². The monoisotopic (exact) mass is 175 g/mol. The Morgan fingerprint density at radius 3 is 3.00 bits per heavy atom. The first kappa shape index (κ1) is 6.41. The molecule has 0 radical (unpaired) electrons. The lowest BCUT2D eigenvalue weighted by molar-refractivity contribution is 1.07. The highest BCUT2D eigenvalue weighted by molar-refractivity contribution is 5.75. The summed E-state index contributed by atoms with van der Waals surface area (Å²) >= 11 is 0. The highest BCUT2D eigenvalue weighted by Gasteiger charge is 2.14. The molecule has 13 heavy (non-hydrogen) atoms. The van der Waals surface area contributed by atoms with Gasteiger partial charge in [-0.15, -0.1) is 0 Å². The Balaban J connectivity index is 2.45. The summed E-state index contributed by atoms with van der Waals surface area (Å²) in [6.45, 7) is 0. The van der Waals surface area contributed by atoms with E-state index in [1.165, 1.54) is 6.33 Å². The van der Waals surface area contributed by atoms with Crippen LogP contribution >= 0.6 is 0 Å². The van der Waals surface area contributed by atoms with Gasteiger partial charge in [-0.25, -0.2) is 9.97 Å². The van der Waals surface area contributed by atoms with Crippen LogP contribution in [0.25, 0.3) is 17.0 Å². The molecular formula is C7H5N5O. The van der Waals surface area contributed by atoms with Crippen LogP contribution in [0.5, 0.6) is 0 Å². The molecule has 0 fully saturated rings. The minimum absolute atomic E-state index is 0.218. The number of rotatable bonds is 1. The topological polar surface area (TPSA) is 85.5 Å². The van der Waals surface area contributed by atoms with Gasteiger partial charge in [0.05, 0.1) is 6.33 Å². The predicted molar refractivity (Wildman–Crippen MR) is 45.6 cm³/mol. The summed E-state index contributed by atoms with van der Waals surface area (Å²) in [4.78, 5) is 21.7. The van der Waals surface area contributed by atoms with Crippen molar-refractivity contribution in [2.45, 2.75) is 0 Å². The van der Waals surface area contributed by atoms with Crippen molar-refractivity contribution in [2.24, 2.45) is 0 Å². The normalized spacial score (nSPS) is 14.0. The Kier molecular flexibility index (Phi) is 0.974. The molecule has 0 saturated heterocycles. The van der Waals surface area contributed by atoms with Crippen LogP contribution in [0, 0.1) is 0 Å².